The predicted octanol–water partition coefficient (Wildman–Crippen LogP) is 4.02. The summed E-state index contributed by atoms with van der Waals surface area (Å²) in [7, 11) is 1.63. The minimum atomic E-state index is -0.182. The summed E-state index contributed by atoms with van der Waals surface area (Å²) in [4.78, 5) is 12.8. The van der Waals surface area contributed by atoms with E-state index in [1.807, 2.05) is 71.4 Å². The van der Waals surface area contributed by atoms with Crippen molar-refractivity contribution in [3.63, 3.8) is 0 Å². The Kier molecular flexibility index (Phi) is 5.06. The Morgan fingerprint density at radius 3 is 2.39 bits per heavy atom. The number of para-hydroxylation sites is 1. The van der Waals surface area contributed by atoms with Gasteiger partial charge < -0.3 is 10.1 Å². The van der Waals surface area contributed by atoms with Crippen LogP contribution in [0, 0.1) is 0 Å². The number of carbonyl (C=O) groups is 1. The molecule has 4 rings (SSSR count). The minimum Gasteiger partial charge on any atom is -0.497 e. The van der Waals surface area contributed by atoms with Gasteiger partial charge in [-0.05, 0) is 29.3 Å². The molecule has 4 aromatic rings. The molecule has 1 N–H and O–H groups in total. The second-order valence-corrected chi connectivity index (χ2v) is 6.54. The Labute approximate surface area is 163 Å². The number of benzene rings is 3. The first-order valence-corrected chi connectivity index (χ1v) is 9.15. The van der Waals surface area contributed by atoms with Crippen LogP contribution in [0.25, 0.3) is 10.9 Å². The third-order valence-electron chi connectivity index (χ3n) is 4.66. The predicted molar refractivity (Wildman–Crippen MR) is 109 cm³/mol. The summed E-state index contributed by atoms with van der Waals surface area (Å²) in [6.45, 7) is 1.05. The molecule has 0 aliphatic heterocycles. The van der Waals surface area contributed by atoms with Gasteiger partial charge in [0.1, 0.15) is 5.75 Å². The number of carbonyl (C=O) groups excluding carboxylic acids is 1. The molecular weight excluding hydrogens is 350 g/mol. The molecular formula is C23H21N3O2. The molecule has 0 aliphatic carbocycles. The third kappa shape index (κ3) is 3.74. The second-order valence-electron chi connectivity index (χ2n) is 6.54. The summed E-state index contributed by atoms with van der Waals surface area (Å²) < 4.78 is 7.05. The number of ether oxygens (including phenoxy) is 1. The number of nitrogens with one attached hydrogen (secondary N) is 1. The van der Waals surface area contributed by atoms with Crippen LogP contribution >= 0.6 is 0 Å². The van der Waals surface area contributed by atoms with Crippen LogP contribution in [0.1, 0.15) is 21.6 Å². The van der Waals surface area contributed by atoms with Gasteiger partial charge in [0.2, 0.25) is 0 Å². The zero-order valence-corrected chi connectivity index (χ0v) is 15.6. The van der Waals surface area contributed by atoms with Gasteiger partial charge in [-0.2, -0.15) is 5.10 Å². The Morgan fingerprint density at radius 1 is 0.929 bits per heavy atom. The molecule has 3 aromatic carbocycles. The van der Waals surface area contributed by atoms with Gasteiger partial charge in [-0.15, -0.1) is 0 Å². The lowest BCUT2D eigenvalue weighted by molar-refractivity contribution is 0.0946. The van der Waals surface area contributed by atoms with Crippen molar-refractivity contribution in [2.24, 2.45) is 0 Å². The van der Waals surface area contributed by atoms with Crippen LogP contribution in [0.5, 0.6) is 5.75 Å². The molecule has 0 saturated heterocycles. The van der Waals surface area contributed by atoms with Crippen molar-refractivity contribution >= 4 is 16.8 Å². The monoisotopic (exact) mass is 371 g/mol. The lowest BCUT2D eigenvalue weighted by Crippen LogP contribution is -2.23. The second kappa shape index (κ2) is 7.96. The summed E-state index contributed by atoms with van der Waals surface area (Å²) in [5.74, 6) is 0.611. The Balaban J connectivity index is 1.56. The molecule has 0 spiro atoms. The van der Waals surface area contributed by atoms with Crippen molar-refractivity contribution in [3.05, 3.63) is 95.7 Å². The summed E-state index contributed by atoms with van der Waals surface area (Å²) in [6, 6.07) is 25.6. The first kappa shape index (κ1) is 17.8. The topological polar surface area (TPSA) is 56.1 Å². The first-order valence-electron chi connectivity index (χ1n) is 9.15. The number of amides is 1. The molecule has 140 valence electrons. The fraction of sp³-hybridized carbons (Fsp3) is 0.130. The van der Waals surface area contributed by atoms with Gasteiger partial charge in [-0.25, -0.2) is 0 Å². The van der Waals surface area contributed by atoms with Gasteiger partial charge in [0, 0.05) is 11.9 Å². The Hall–Kier alpha value is -3.60. The molecule has 1 amide bonds. The number of hydrogen-bond acceptors (Lipinski definition) is 3. The van der Waals surface area contributed by atoms with Crippen LogP contribution in [0.15, 0.2) is 78.9 Å². The first-order chi connectivity index (χ1) is 13.7. The average Bonchev–Trinajstić information content (AvgIpc) is 3.12. The largest absolute Gasteiger partial charge is 0.497 e. The van der Waals surface area contributed by atoms with E-state index in [0.29, 0.717) is 18.8 Å². The van der Waals surface area contributed by atoms with Crippen LogP contribution in [0.3, 0.4) is 0 Å². The zero-order valence-electron chi connectivity index (χ0n) is 15.6. The summed E-state index contributed by atoms with van der Waals surface area (Å²) in [6.07, 6.45) is 0. The van der Waals surface area contributed by atoms with Crippen LogP contribution in [0.2, 0.25) is 0 Å². The van der Waals surface area contributed by atoms with Crippen LogP contribution in [-0.2, 0) is 13.1 Å². The molecule has 5 nitrogen and oxygen atoms in total. The SMILES string of the molecule is COc1ccc(CNC(=O)c2nn(Cc3ccccc3)c3ccccc23)cc1. The van der Waals surface area contributed by atoms with E-state index in [9.17, 15) is 4.79 Å². The number of nitrogens with zero attached hydrogens (tertiary/aromatic N) is 2. The molecule has 0 bridgehead atoms. The standard InChI is InChI=1S/C23H21N3O2/c1-28-19-13-11-17(12-14-19)15-24-23(27)22-20-9-5-6-10-21(20)26(25-22)16-18-7-3-2-4-8-18/h2-14H,15-16H2,1H3,(H,24,27). The van der Waals surface area contributed by atoms with Gasteiger partial charge in [-0.3, -0.25) is 9.48 Å². The maximum Gasteiger partial charge on any atom is 0.272 e. The highest BCUT2D eigenvalue weighted by atomic mass is 16.5. The van der Waals surface area contributed by atoms with Crippen LogP contribution < -0.4 is 10.1 Å². The minimum absolute atomic E-state index is 0.182. The number of fused-ring (bicyclic) bond motifs is 1. The molecule has 0 saturated carbocycles. The van der Waals surface area contributed by atoms with E-state index in [4.69, 9.17) is 4.74 Å². The van der Waals surface area contributed by atoms with E-state index in [2.05, 4.69) is 22.5 Å². The maximum absolute atomic E-state index is 12.8. The van der Waals surface area contributed by atoms with E-state index in [1.165, 1.54) is 0 Å². The summed E-state index contributed by atoms with van der Waals surface area (Å²) in [5.41, 5.74) is 3.53. The van der Waals surface area contributed by atoms with Crippen molar-refractivity contribution in [2.75, 3.05) is 7.11 Å². The lowest BCUT2D eigenvalue weighted by Gasteiger charge is -2.05. The molecule has 1 heterocycles. The van der Waals surface area contributed by atoms with Gasteiger partial charge in [0.05, 0.1) is 19.2 Å². The fourth-order valence-corrected chi connectivity index (χ4v) is 3.18. The van der Waals surface area contributed by atoms with Crippen molar-refractivity contribution in [2.45, 2.75) is 13.1 Å². The smallest absolute Gasteiger partial charge is 0.272 e. The molecule has 0 aliphatic rings. The molecule has 0 unspecified atom stereocenters. The van der Waals surface area contributed by atoms with E-state index in [-0.39, 0.29) is 5.91 Å². The van der Waals surface area contributed by atoms with Gasteiger partial charge >= 0.3 is 0 Å². The highest BCUT2D eigenvalue weighted by Gasteiger charge is 2.17. The summed E-state index contributed by atoms with van der Waals surface area (Å²) in [5, 5.41) is 8.43. The average molecular weight is 371 g/mol. The molecule has 0 atom stereocenters. The number of methoxy groups -OCH3 is 1. The van der Waals surface area contributed by atoms with Gasteiger partial charge in [0.15, 0.2) is 5.69 Å². The van der Waals surface area contributed by atoms with Crippen molar-refractivity contribution in [3.8, 4) is 5.75 Å². The van der Waals surface area contributed by atoms with E-state index >= 15 is 0 Å². The number of rotatable bonds is 6. The molecule has 0 radical (unpaired) electrons. The third-order valence-corrected chi connectivity index (χ3v) is 4.66. The van der Waals surface area contributed by atoms with Crippen molar-refractivity contribution in [1.29, 1.82) is 0 Å². The zero-order chi connectivity index (χ0) is 19.3. The Bertz CT molecular complexity index is 1090. The quantitative estimate of drug-likeness (QED) is 0.557. The number of aromatic nitrogens is 2. The lowest BCUT2D eigenvalue weighted by atomic mass is 10.2. The number of hydrogen-bond donors (Lipinski definition) is 1. The molecule has 1 aromatic heterocycles. The highest BCUT2D eigenvalue weighted by molar-refractivity contribution is 6.04. The Morgan fingerprint density at radius 2 is 1.64 bits per heavy atom. The van der Waals surface area contributed by atoms with Crippen molar-refractivity contribution in [1.82, 2.24) is 15.1 Å². The van der Waals surface area contributed by atoms with Gasteiger partial charge in [0.25, 0.3) is 5.91 Å². The van der Waals surface area contributed by atoms with E-state index < -0.39 is 0 Å². The van der Waals surface area contributed by atoms with E-state index in [0.717, 1.165) is 27.8 Å². The highest BCUT2D eigenvalue weighted by Crippen LogP contribution is 2.20. The molecule has 0 fully saturated rings. The van der Waals surface area contributed by atoms with Gasteiger partial charge in [-0.1, -0.05) is 60.7 Å². The van der Waals surface area contributed by atoms with Crippen LogP contribution in [-0.4, -0.2) is 22.8 Å². The maximum atomic E-state index is 12.8. The van der Waals surface area contributed by atoms with E-state index in [1.54, 1.807) is 7.11 Å². The molecule has 5 heteroatoms. The fourth-order valence-electron chi connectivity index (χ4n) is 3.18. The van der Waals surface area contributed by atoms with Crippen LogP contribution in [0.4, 0.5) is 0 Å². The van der Waals surface area contributed by atoms with Crippen molar-refractivity contribution < 1.29 is 9.53 Å². The normalized spacial score (nSPS) is 10.8. The summed E-state index contributed by atoms with van der Waals surface area (Å²) >= 11 is 0. The molecule has 28 heavy (non-hydrogen) atoms.